The molecule has 136 valence electrons. The lowest BCUT2D eigenvalue weighted by atomic mass is 10.2. The molecule has 1 amide bonds. The van der Waals surface area contributed by atoms with Crippen LogP contribution >= 0.6 is 35.7 Å². The highest BCUT2D eigenvalue weighted by molar-refractivity contribution is 14.0. The summed E-state index contributed by atoms with van der Waals surface area (Å²) in [6.45, 7) is 6.42. The molecule has 0 saturated heterocycles. The SMILES string of the molecule is CCCNC(=O)CN=C(NCC)N(C)Cc1ccc(SC)cc1.I. The molecule has 0 bridgehead atoms. The van der Waals surface area contributed by atoms with Gasteiger partial charge in [-0.3, -0.25) is 4.79 Å². The topological polar surface area (TPSA) is 56.7 Å². The Labute approximate surface area is 167 Å². The van der Waals surface area contributed by atoms with Crippen LogP contribution in [0.5, 0.6) is 0 Å². The van der Waals surface area contributed by atoms with Crippen molar-refractivity contribution in [3.05, 3.63) is 29.8 Å². The van der Waals surface area contributed by atoms with E-state index in [0.29, 0.717) is 6.54 Å². The first-order valence-corrected chi connectivity index (χ1v) is 9.22. The van der Waals surface area contributed by atoms with Gasteiger partial charge in [-0.25, -0.2) is 4.99 Å². The Morgan fingerprint density at radius 3 is 2.42 bits per heavy atom. The first kappa shape index (κ1) is 23.0. The lowest BCUT2D eigenvalue weighted by Gasteiger charge is -2.22. The van der Waals surface area contributed by atoms with Crippen LogP contribution in [0.15, 0.2) is 34.2 Å². The highest BCUT2D eigenvalue weighted by Crippen LogP contribution is 2.15. The number of guanidine groups is 1. The molecule has 0 aliphatic carbocycles. The summed E-state index contributed by atoms with van der Waals surface area (Å²) in [6, 6.07) is 8.49. The highest BCUT2D eigenvalue weighted by Gasteiger charge is 2.08. The van der Waals surface area contributed by atoms with Crippen molar-refractivity contribution >= 4 is 47.6 Å². The Morgan fingerprint density at radius 2 is 1.88 bits per heavy atom. The Morgan fingerprint density at radius 1 is 1.21 bits per heavy atom. The average molecular weight is 464 g/mol. The fourth-order valence-corrected chi connectivity index (χ4v) is 2.42. The zero-order chi connectivity index (χ0) is 17.1. The van der Waals surface area contributed by atoms with E-state index in [2.05, 4.69) is 46.1 Å². The molecule has 5 nitrogen and oxygen atoms in total. The summed E-state index contributed by atoms with van der Waals surface area (Å²) >= 11 is 1.73. The predicted molar refractivity (Wildman–Crippen MR) is 114 cm³/mol. The maximum atomic E-state index is 11.7. The molecule has 0 unspecified atom stereocenters. The maximum Gasteiger partial charge on any atom is 0.241 e. The van der Waals surface area contributed by atoms with Gasteiger partial charge in [-0.2, -0.15) is 0 Å². The molecule has 24 heavy (non-hydrogen) atoms. The molecule has 7 heteroatoms. The smallest absolute Gasteiger partial charge is 0.241 e. The maximum absolute atomic E-state index is 11.7. The van der Waals surface area contributed by atoms with E-state index < -0.39 is 0 Å². The van der Waals surface area contributed by atoms with Crippen molar-refractivity contribution in [2.24, 2.45) is 4.99 Å². The monoisotopic (exact) mass is 464 g/mol. The third-order valence-corrected chi connectivity index (χ3v) is 3.96. The second-order valence-electron chi connectivity index (χ2n) is 5.22. The molecule has 0 saturated carbocycles. The van der Waals surface area contributed by atoms with Crippen LogP contribution in [0.3, 0.4) is 0 Å². The quantitative estimate of drug-likeness (QED) is 0.269. The lowest BCUT2D eigenvalue weighted by Crippen LogP contribution is -2.39. The molecule has 0 heterocycles. The molecule has 1 aromatic carbocycles. The first-order valence-electron chi connectivity index (χ1n) is 7.99. The van der Waals surface area contributed by atoms with Gasteiger partial charge in [-0.1, -0.05) is 19.1 Å². The molecule has 2 N–H and O–H groups in total. The molecule has 0 radical (unpaired) electrons. The summed E-state index contributed by atoms with van der Waals surface area (Å²) in [6.07, 6.45) is 3.00. The highest BCUT2D eigenvalue weighted by atomic mass is 127. The number of rotatable bonds is 8. The summed E-state index contributed by atoms with van der Waals surface area (Å²) in [5.74, 6) is 0.702. The van der Waals surface area contributed by atoms with Crippen LogP contribution in [0.25, 0.3) is 0 Å². The van der Waals surface area contributed by atoms with Crippen LogP contribution < -0.4 is 10.6 Å². The predicted octanol–water partition coefficient (Wildman–Crippen LogP) is 2.95. The molecule has 0 fully saturated rings. The van der Waals surface area contributed by atoms with Crippen molar-refractivity contribution in [3.8, 4) is 0 Å². The number of carbonyl (C=O) groups is 1. The molecule has 0 aliphatic heterocycles. The number of hydrogen-bond donors (Lipinski definition) is 2. The molecular weight excluding hydrogens is 435 g/mol. The largest absolute Gasteiger partial charge is 0.357 e. The lowest BCUT2D eigenvalue weighted by molar-refractivity contribution is -0.119. The van der Waals surface area contributed by atoms with E-state index in [-0.39, 0.29) is 36.4 Å². The second-order valence-corrected chi connectivity index (χ2v) is 6.10. The first-order chi connectivity index (χ1) is 11.1. The minimum Gasteiger partial charge on any atom is -0.357 e. The van der Waals surface area contributed by atoms with Gasteiger partial charge in [0.1, 0.15) is 6.54 Å². The molecule has 0 aliphatic rings. The molecule has 0 spiro atoms. The third-order valence-electron chi connectivity index (χ3n) is 3.22. The van der Waals surface area contributed by atoms with Gasteiger partial charge in [0.25, 0.3) is 0 Å². The van der Waals surface area contributed by atoms with Crippen LogP contribution in [0, 0.1) is 0 Å². The molecule has 1 aromatic rings. The fraction of sp³-hybridized carbons (Fsp3) is 0.529. The van der Waals surface area contributed by atoms with E-state index in [1.165, 1.54) is 10.5 Å². The number of hydrogen-bond acceptors (Lipinski definition) is 3. The van der Waals surface area contributed by atoms with Gasteiger partial charge in [0.15, 0.2) is 5.96 Å². The molecule has 0 aromatic heterocycles. The van der Waals surface area contributed by atoms with E-state index in [1.54, 1.807) is 11.8 Å². The fourth-order valence-electron chi connectivity index (χ4n) is 2.02. The standard InChI is InChI=1S/C17H28N4OS.HI/c1-5-11-19-16(22)12-20-17(18-6-2)21(3)13-14-7-9-15(23-4)10-8-14;/h7-10H,5-6,11-13H2,1-4H3,(H,18,20)(H,19,22);1H. The summed E-state index contributed by atoms with van der Waals surface area (Å²) in [5.41, 5.74) is 1.21. The molecular formula is C17H29IN4OS. The Kier molecular flexibility index (Phi) is 12.8. The zero-order valence-electron chi connectivity index (χ0n) is 15.0. The van der Waals surface area contributed by atoms with Crippen LogP contribution in [-0.2, 0) is 11.3 Å². The molecule has 1 rings (SSSR count). The van der Waals surface area contributed by atoms with Crippen molar-refractivity contribution in [2.75, 3.05) is 32.9 Å². The third kappa shape index (κ3) is 8.77. The number of nitrogens with one attached hydrogen (secondary N) is 2. The normalized spacial score (nSPS) is 10.8. The van der Waals surface area contributed by atoms with E-state index in [9.17, 15) is 4.79 Å². The van der Waals surface area contributed by atoms with E-state index in [1.807, 2.05) is 25.8 Å². The summed E-state index contributed by atoms with van der Waals surface area (Å²) < 4.78 is 0. The zero-order valence-corrected chi connectivity index (χ0v) is 18.1. The number of amides is 1. The van der Waals surface area contributed by atoms with Crippen LogP contribution in [0.4, 0.5) is 0 Å². The second kappa shape index (κ2) is 13.3. The van der Waals surface area contributed by atoms with Gasteiger partial charge in [0, 0.05) is 31.6 Å². The summed E-state index contributed by atoms with van der Waals surface area (Å²) in [4.78, 5) is 19.4. The van der Waals surface area contributed by atoms with Gasteiger partial charge in [0.2, 0.25) is 5.91 Å². The number of aliphatic imine (C=N–C) groups is 1. The number of carbonyl (C=O) groups excluding carboxylic acids is 1. The van der Waals surface area contributed by atoms with E-state index in [4.69, 9.17) is 0 Å². The van der Waals surface area contributed by atoms with Crippen molar-refractivity contribution in [1.82, 2.24) is 15.5 Å². The van der Waals surface area contributed by atoms with Gasteiger partial charge in [-0.15, -0.1) is 35.7 Å². The number of halogens is 1. The van der Waals surface area contributed by atoms with Gasteiger partial charge in [0.05, 0.1) is 0 Å². The Bertz CT molecular complexity index is 508. The number of benzene rings is 1. The summed E-state index contributed by atoms with van der Waals surface area (Å²) in [5, 5.41) is 6.06. The van der Waals surface area contributed by atoms with Gasteiger partial charge < -0.3 is 15.5 Å². The Hall–Kier alpha value is -0.960. The van der Waals surface area contributed by atoms with Crippen molar-refractivity contribution in [1.29, 1.82) is 0 Å². The minimum atomic E-state index is -0.0417. The number of thioether (sulfide) groups is 1. The number of nitrogens with zero attached hydrogens (tertiary/aromatic N) is 2. The Balaban J connectivity index is 0.00000529. The van der Waals surface area contributed by atoms with Crippen LogP contribution in [0.2, 0.25) is 0 Å². The molecule has 0 atom stereocenters. The van der Waals surface area contributed by atoms with Gasteiger partial charge in [-0.05, 0) is 37.3 Å². The van der Waals surface area contributed by atoms with Gasteiger partial charge >= 0.3 is 0 Å². The van der Waals surface area contributed by atoms with E-state index in [0.717, 1.165) is 25.5 Å². The summed E-state index contributed by atoms with van der Waals surface area (Å²) in [7, 11) is 1.98. The van der Waals surface area contributed by atoms with Crippen molar-refractivity contribution in [2.45, 2.75) is 31.7 Å². The van der Waals surface area contributed by atoms with E-state index >= 15 is 0 Å². The average Bonchev–Trinajstić information content (AvgIpc) is 2.57. The van der Waals surface area contributed by atoms with Crippen LogP contribution in [-0.4, -0.2) is 49.7 Å². The van der Waals surface area contributed by atoms with Crippen LogP contribution in [0.1, 0.15) is 25.8 Å². The van der Waals surface area contributed by atoms with Crippen molar-refractivity contribution in [3.63, 3.8) is 0 Å². The minimum absolute atomic E-state index is 0. The van der Waals surface area contributed by atoms with Crippen molar-refractivity contribution < 1.29 is 4.79 Å².